The lowest BCUT2D eigenvalue weighted by atomic mass is 9.96. The number of benzene rings is 3. The molecular formula is C25H24F3NO2S2. The number of thioether (sulfide) groups is 1. The van der Waals surface area contributed by atoms with E-state index in [0.717, 1.165) is 29.0 Å². The number of piperidine rings is 1. The average molecular weight is 492 g/mol. The highest BCUT2D eigenvalue weighted by atomic mass is 32.2. The van der Waals surface area contributed by atoms with E-state index in [9.17, 15) is 21.6 Å². The molecule has 1 saturated heterocycles. The van der Waals surface area contributed by atoms with Gasteiger partial charge in [-0.2, -0.15) is 17.5 Å². The average Bonchev–Trinajstić information content (AvgIpc) is 2.79. The fraction of sp³-hybridized carbons (Fsp3) is 0.280. The van der Waals surface area contributed by atoms with Crippen LogP contribution in [0.15, 0.2) is 88.7 Å². The third-order valence-corrected chi connectivity index (χ3v) is 9.00. The molecule has 3 aromatic carbocycles. The SMILES string of the molecule is Cc1ccc(S(=O)(=O)N2CCC[C@@H](Sc3ccccc3)[C@@H]2c2ccc(C(F)(F)F)cc2)cc1. The molecule has 33 heavy (non-hydrogen) atoms. The van der Waals surface area contributed by atoms with E-state index in [1.54, 1.807) is 36.0 Å². The van der Waals surface area contributed by atoms with Crippen LogP contribution in [0.4, 0.5) is 13.2 Å². The number of alkyl halides is 3. The summed E-state index contributed by atoms with van der Waals surface area (Å²) in [6.07, 6.45) is -3.02. The molecule has 4 rings (SSSR count). The van der Waals surface area contributed by atoms with Gasteiger partial charge in [-0.1, -0.05) is 48.0 Å². The second-order valence-corrected chi connectivity index (χ2v) is 11.3. The molecule has 0 N–H and O–H groups in total. The van der Waals surface area contributed by atoms with Crippen LogP contribution in [0.1, 0.15) is 35.6 Å². The molecule has 0 bridgehead atoms. The van der Waals surface area contributed by atoms with Gasteiger partial charge >= 0.3 is 6.18 Å². The molecule has 0 spiro atoms. The maximum absolute atomic E-state index is 13.6. The van der Waals surface area contributed by atoms with Gasteiger partial charge in [0.15, 0.2) is 0 Å². The molecule has 0 radical (unpaired) electrons. The van der Waals surface area contributed by atoms with Gasteiger partial charge in [0.2, 0.25) is 10.0 Å². The van der Waals surface area contributed by atoms with Crippen molar-refractivity contribution in [3.63, 3.8) is 0 Å². The van der Waals surface area contributed by atoms with Gasteiger partial charge in [0.05, 0.1) is 16.5 Å². The van der Waals surface area contributed by atoms with Gasteiger partial charge < -0.3 is 0 Å². The Bertz CT molecular complexity index is 1180. The molecular weight excluding hydrogens is 467 g/mol. The summed E-state index contributed by atoms with van der Waals surface area (Å²) in [6, 6.07) is 20.6. The van der Waals surface area contributed by atoms with E-state index >= 15 is 0 Å². The maximum Gasteiger partial charge on any atom is 0.416 e. The summed E-state index contributed by atoms with van der Waals surface area (Å²) in [4.78, 5) is 1.18. The fourth-order valence-corrected chi connectivity index (χ4v) is 7.24. The third kappa shape index (κ3) is 5.28. The van der Waals surface area contributed by atoms with Crippen LogP contribution < -0.4 is 0 Å². The zero-order chi connectivity index (χ0) is 23.6. The highest BCUT2D eigenvalue weighted by Gasteiger charge is 2.41. The number of halogens is 3. The van der Waals surface area contributed by atoms with Gasteiger partial charge in [-0.15, -0.1) is 11.8 Å². The van der Waals surface area contributed by atoms with Crippen molar-refractivity contribution in [1.82, 2.24) is 4.31 Å². The first kappa shape index (κ1) is 23.9. The second-order valence-electron chi connectivity index (χ2n) is 8.10. The Balaban J connectivity index is 1.76. The monoisotopic (exact) mass is 491 g/mol. The Kier molecular flexibility index (Phi) is 6.88. The summed E-state index contributed by atoms with van der Waals surface area (Å²) in [5, 5.41) is -0.141. The minimum Gasteiger partial charge on any atom is -0.207 e. The summed E-state index contributed by atoms with van der Waals surface area (Å²) >= 11 is 1.57. The van der Waals surface area contributed by atoms with Crippen molar-refractivity contribution in [2.24, 2.45) is 0 Å². The van der Waals surface area contributed by atoms with Gasteiger partial charge in [-0.3, -0.25) is 0 Å². The van der Waals surface area contributed by atoms with E-state index in [1.807, 2.05) is 37.3 Å². The second kappa shape index (κ2) is 9.52. The molecule has 174 valence electrons. The van der Waals surface area contributed by atoms with Crippen LogP contribution in [0, 0.1) is 6.92 Å². The van der Waals surface area contributed by atoms with Crippen LogP contribution in [-0.2, 0) is 16.2 Å². The highest BCUT2D eigenvalue weighted by Crippen LogP contribution is 2.44. The van der Waals surface area contributed by atoms with E-state index in [2.05, 4.69) is 0 Å². The standard InChI is InChI=1S/C25H24F3NO2S2/c1-18-9-15-22(16-10-18)33(30,31)29-17-5-8-23(32-21-6-3-2-4-7-21)24(29)19-11-13-20(14-12-19)25(26,27)28/h2-4,6-7,9-16,23-24H,5,8,17H2,1H3/t23-,24+/m1/s1. The zero-order valence-electron chi connectivity index (χ0n) is 18.0. The molecule has 0 saturated carbocycles. The van der Waals surface area contributed by atoms with E-state index in [4.69, 9.17) is 0 Å². The smallest absolute Gasteiger partial charge is 0.207 e. The van der Waals surface area contributed by atoms with Crippen LogP contribution in [0.5, 0.6) is 0 Å². The molecule has 8 heteroatoms. The van der Waals surface area contributed by atoms with Crippen molar-refractivity contribution in [3.8, 4) is 0 Å². The Labute approximate surface area is 196 Å². The molecule has 2 atom stereocenters. The Morgan fingerprint density at radius 2 is 1.55 bits per heavy atom. The van der Waals surface area contributed by atoms with Crippen LogP contribution in [0.3, 0.4) is 0 Å². The van der Waals surface area contributed by atoms with Crippen molar-refractivity contribution < 1.29 is 21.6 Å². The fourth-order valence-electron chi connectivity index (χ4n) is 4.09. The lowest BCUT2D eigenvalue weighted by molar-refractivity contribution is -0.137. The summed E-state index contributed by atoms with van der Waals surface area (Å²) in [5.74, 6) is 0. The van der Waals surface area contributed by atoms with Gasteiger partial charge in [0.25, 0.3) is 0 Å². The molecule has 0 aliphatic carbocycles. The van der Waals surface area contributed by atoms with Gasteiger partial charge in [0.1, 0.15) is 0 Å². The van der Waals surface area contributed by atoms with Crippen molar-refractivity contribution in [1.29, 1.82) is 0 Å². The first-order valence-electron chi connectivity index (χ1n) is 10.6. The summed E-state index contributed by atoms with van der Waals surface area (Å²) in [6.45, 7) is 2.20. The Morgan fingerprint density at radius 3 is 2.15 bits per heavy atom. The molecule has 1 fully saturated rings. The molecule has 3 nitrogen and oxygen atoms in total. The number of hydrogen-bond acceptors (Lipinski definition) is 3. The highest BCUT2D eigenvalue weighted by molar-refractivity contribution is 8.00. The topological polar surface area (TPSA) is 37.4 Å². The largest absolute Gasteiger partial charge is 0.416 e. The zero-order valence-corrected chi connectivity index (χ0v) is 19.6. The number of hydrogen-bond donors (Lipinski definition) is 0. The Hall–Kier alpha value is -2.29. The summed E-state index contributed by atoms with van der Waals surface area (Å²) in [5.41, 5.74) is 0.762. The van der Waals surface area contributed by atoms with E-state index < -0.39 is 27.8 Å². The van der Waals surface area contributed by atoms with E-state index in [-0.39, 0.29) is 10.1 Å². The van der Waals surface area contributed by atoms with Crippen LogP contribution >= 0.6 is 11.8 Å². The molecule has 1 aliphatic heterocycles. The van der Waals surface area contributed by atoms with Crippen LogP contribution in [-0.4, -0.2) is 24.5 Å². The molecule has 0 unspecified atom stereocenters. The molecule has 0 aromatic heterocycles. The lowest BCUT2D eigenvalue weighted by Gasteiger charge is -2.40. The van der Waals surface area contributed by atoms with Crippen LogP contribution in [0.25, 0.3) is 0 Å². The summed E-state index contributed by atoms with van der Waals surface area (Å²) < 4.78 is 68.2. The third-order valence-electron chi connectivity index (χ3n) is 5.77. The lowest BCUT2D eigenvalue weighted by Crippen LogP contribution is -2.44. The predicted octanol–water partition coefficient (Wildman–Crippen LogP) is 6.70. The van der Waals surface area contributed by atoms with Gasteiger partial charge in [-0.25, -0.2) is 8.42 Å². The number of rotatable bonds is 5. The van der Waals surface area contributed by atoms with E-state index in [1.165, 1.54) is 16.4 Å². The number of aryl methyl sites for hydroxylation is 1. The van der Waals surface area contributed by atoms with Gasteiger partial charge in [0, 0.05) is 16.7 Å². The van der Waals surface area contributed by atoms with E-state index in [0.29, 0.717) is 18.5 Å². The first-order valence-corrected chi connectivity index (χ1v) is 13.0. The van der Waals surface area contributed by atoms with Crippen molar-refractivity contribution in [3.05, 3.63) is 95.6 Å². The molecule has 1 heterocycles. The predicted molar refractivity (Wildman–Crippen MR) is 125 cm³/mol. The van der Waals surface area contributed by atoms with Crippen molar-refractivity contribution in [2.45, 2.75) is 47.0 Å². The van der Waals surface area contributed by atoms with Crippen molar-refractivity contribution in [2.75, 3.05) is 6.54 Å². The Morgan fingerprint density at radius 1 is 0.909 bits per heavy atom. The van der Waals surface area contributed by atoms with Gasteiger partial charge in [-0.05, 0) is 61.7 Å². The minimum absolute atomic E-state index is 0.141. The first-order chi connectivity index (χ1) is 15.7. The van der Waals surface area contributed by atoms with Crippen molar-refractivity contribution >= 4 is 21.8 Å². The minimum atomic E-state index is -4.45. The quantitative estimate of drug-likeness (QED) is 0.399. The molecule has 3 aromatic rings. The molecule has 1 aliphatic rings. The van der Waals surface area contributed by atoms with Crippen LogP contribution in [0.2, 0.25) is 0 Å². The number of nitrogens with zero attached hydrogens (tertiary/aromatic N) is 1. The molecule has 0 amide bonds. The normalized spacial score (nSPS) is 20.0. The maximum atomic E-state index is 13.6. The number of sulfonamides is 1. The summed E-state index contributed by atoms with van der Waals surface area (Å²) in [7, 11) is -3.84.